The van der Waals surface area contributed by atoms with Crippen LogP contribution in [0.3, 0.4) is 0 Å². The van der Waals surface area contributed by atoms with Crippen molar-refractivity contribution in [2.24, 2.45) is 0 Å². The van der Waals surface area contributed by atoms with Crippen LogP contribution < -0.4 is 10.1 Å². The van der Waals surface area contributed by atoms with Crippen LogP contribution in [-0.4, -0.2) is 28.6 Å². The second kappa shape index (κ2) is 3.95. The van der Waals surface area contributed by atoms with E-state index in [2.05, 4.69) is 27.2 Å². The van der Waals surface area contributed by atoms with Gasteiger partial charge in [0, 0.05) is 22.7 Å². The third-order valence-electron chi connectivity index (χ3n) is 3.84. The summed E-state index contributed by atoms with van der Waals surface area (Å²) >= 11 is 0. The zero-order chi connectivity index (χ0) is 12.8. The number of ether oxygens (including phenoxy) is 1. The molecule has 0 aliphatic carbocycles. The molecule has 0 spiro atoms. The fourth-order valence-electron chi connectivity index (χ4n) is 2.84. The average Bonchev–Trinajstić information content (AvgIpc) is 2.96. The smallest absolute Gasteiger partial charge is 0.318 e. The van der Waals surface area contributed by atoms with Crippen LogP contribution >= 0.6 is 0 Å². The molecule has 0 amide bonds. The lowest BCUT2D eigenvalue weighted by Gasteiger charge is -2.24. The van der Waals surface area contributed by atoms with E-state index in [0.717, 1.165) is 29.7 Å². The molecule has 2 N–H and O–H groups in total. The van der Waals surface area contributed by atoms with Gasteiger partial charge in [0.15, 0.2) is 0 Å². The summed E-state index contributed by atoms with van der Waals surface area (Å²) in [6.45, 7) is 5.31. The molecular weight excluding hydrogens is 228 g/mol. The van der Waals surface area contributed by atoms with Crippen molar-refractivity contribution in [2.75, 3.05) is 13.7 Å². The van der Waals surface area contributed by atoms with E-state index < -0.39 is 0 Å². The number of nitrogens with zero attached hydrogens (tertiary/aromatic N) is 2. The van der Waals surface area contributed by atoms with Crippen molar-refractivity contribution < 1.29 is 4.74 Å². The molecule has 1 aliphatic rings. The Morgan fingerprint density at radius 3 is 2.89 bits per heavy atom. The summed E-state index contributed by atoms with van der Waals surface area (Å²) in [5.41, 5.74) is 3.10. The summed E-state index contributed by atoms with van der Waals surface area (Å²) in [5.74, 6) is 0. The summed E-state index contributed by atoms with van der Waals surface area (Å²) in [6, 6.07) is 0.415. The monoisotopic (exact) mass is 246 g/mol. The molecule has 2 aromatic heterocycles. The molecule has 5 nitrogen and oxygen atoms in total. The van der Waals surface area contributed by atoms with Crippen LogP contribution in [-0.2, 0) is 5.54 Å². The van der Waals surface area contributed by atoms with Crippen LogP contribution in [0.1, 0.15) is 31.0 Å². The molecule has 0 aromatic carbocycles. The molecule has 1 atom stereocenters. The third kappa shape index (κ3) is 1.58. The molecule has 1 aliphatic heterocycles. The van der Waals surface area contributed by atoms with Crippen molar-refractivity contribution in [3.63, 3.8) is 0 Å². The Morgan fingerprint density at radius 2 is 2.22 bits per heavy atom. The maximum Gasteiger partial charge on any atom is 0.318 e. The highest BCUT2D eigenvalue weighted by Gasteiger charge is 2.33. The van der Waals surface area contributed by atoms with Crippen LogP contribution in [0.5, 0.6) is 6.01 Å². The number of methoxy groups -OCH3 is 1. The predicted octanol–water partition coefficient (Wildman–Crippen LogP) is 1.87. The molecule has 5 heteroatoms. The molecule has 0 radical (unpaired) electrons. The highest BCUT2D eigenvalue weighted by atomic mass is 16.5. The number of fused-ring (bicyclic) bond motifs is 1. The highest BCUT2D eigenvalue weighted by Crippen LogP contribution is 2.35. The Bertz CT molecular complexity index is 584. The van der Waals surface area contributed by atoms with Crippen molar-refractivity contribution >= 4 is 11.0 Å². The van der Waals surface area contributed by atoms with Gasteiger partial charge in [-0.05, 0) is 33.2 Å². The van der Waals surface area contributed by atoms with E-state index in [1.165, 1.54) is 12.0 Å². The van der Waals surface area contributed by atoms with Crippen molar-refractivity contribution in [1.29, 1.82) is 0 Å². The number of aromatic nitrogens is 3. The lowest BCUT2D eigenvalue weighted by atomic mass is 9.90. The molecular formula is C13H18N4O. The fraction of sp³-hybridized carbons (Fsp3) is 0.538. The first-order valence-corrected chi connectivity index (χ1v) is 6.29. The molecule has 0 bridgehead atoms. The molecule has 96 valence electrons. The molecule has 3 rings (SSSR count). The van der Waals surface area contributed by atoms with Crippen LogP contribution in [0.25, 0.3) is 11.0 Å². The summed E-state index contributed by atoms with van der Waals surface area (Å²) < 4.78 is 5.11. The number of nitrogens with one attached hydrogen (secondary N) is 2. The van der Waals surface area contributed by atoms with Gasteiger partial charge in [-0.15, -0.1) is 0 Å². The second-order valence-corrected chi connectivity index (χ2v) is 5.08. The number of aromatic amines is 1. The first-order chi connectivity index (χ1) is 8.64. The minimum atomic E-state index is 0.0287. The fourth-order valence-corrected chi connectivity index (χ4v) is 2.84. The number of hydrogen-bond donors (Lipinski definition) is 2. The Labute approximate surface area is 106 Å². The maximum absolute atomic E-state index is 5.11. The van der Waals surface area contributed by atoms with Gasteiger partial charge < -0.3 is 15.0 Å². The van der Waals surface area contributed by atoms with Gasteiger partial charge in [-0.25, -0.2) is 0 Å². The van der Waals surface area contributed by atoms with E-state index in [9.17, 15) is 0 Å². The van der Waals surface area contributed by atoms with Gasteiger partial charge in [-0.2, -0.15) is 9.97 Å². The van der Waals surface area contributed by atoms with Gasteiger partial charge in [0.05, 0.1) is 12.8 Å². The quantitative estimate of drug-likeness (QED) is 0.849. The van der Waals surface area contributed by atoms with E-state index in [1.54, 1.807) is 7.11 Å². The average molecular weight is 246 g/mol. The van der Waals surface area contributed by atoms with Gasteiger partial charge in [0.25, 0.3) is 0 Å². The molecule has 18 heavy (non-hydrogen) atoms. The largest absolute Gasteiger partial charge is 0.467 e. The van der Waals surface area contributed by atoms with Crippen LogP contribution in [0.4, 0.5) is 0 Å². The predicted molar refractivity (Wildman–Crippen MR) is 69.8 cm³/mol. The summed E-state index contributed by atoms with van der Waals surface area (Å²) in [7, 11) is 1.59. The summed E-state index contributed by atoms with van der Waals surface area (Å²) in [5, 5.41) is 4.69. The minimum absolute atomic E-state index is 0.0287. The molecule has 2 aromatic rings. The number of rotatable bonds is 2. The third-order valence-corrected chi connectivity index (χ3v) is 3.84. The maximum atomic E-state index is 5.11. The summed E-state index contributed by atoms with van der Waals surface area (Å²) in [6.07, 6.45) is 4.40. The molecule has 1 unspecified atom stereocenters. The number of H-pyrrole nitrogens is 1. The molecule has 1 saturated heterocycles. The van der Waals surface area contributed by atoms with E-state index in [4.69, 9.17) is 4.74 Å². The van der Waals surface area contributed by atoms with Crippen molar-refractivity contribution in [2.45, 2.75) is 32.2 Å². The van der Waals surface area contributed by atoms with Crippen LogP contribution in [0, 0.1) is 6.92 Å². The van der Waals surface area contributed by atoms with Crippen molar-refractivity contribution in [3.05, 3.63) is 17.5 Å². The van der Waals surface area contributed by atoms with Gasteiger partial charge in [0.2, 0.25) is 0 Å². The highest BCUT2D eigenvalue weighted by molar-refractivity contribution is 5.83. The van der Waals surface area contributed by atoms with E-state index >= 15 is 0 Å². The lowest BCUT2D eigenvalue weighted by molar-refractivity contribution is 0.380. The molecule has 1 fully saturated rings. The number of hydrogen-bond acceptors (Lipinski definition) is 4. The van der Waals surface area contributed by atoms with Gasteiger partial charge in [0.1, 0.15) is 5.65 Å². The minimum Gasteiger partial charge on any atom is -0.467 e. The topological polar surface area (TPSA) is 62.8 Å². The van der Waals surface area contributed by atoms with Gasteiger partial charge in [-0.1, -0.05) is 0 Å². The van der Waals surface area contributed by atoms with Gasteiger partial charge >= 0.3 is 6.01 Å². The van der Waals surface area contributed by atoms with E-state index in [0.29, 0.717) is 6.01 Å². The van der Waals surface area contributed by atoms with Crippen LogP contribution in [0.15, 0.2) is 6.20 Å². The first-order valence-electron chi connectivity index (χ1n) is 6.29. The Morgan fingerprint density at radius 1 is 1.39 bits per heavy atom. The SMILES string of the molecule is COc1nc(C)c2c(C3(C)CCCN3)c[nH]c2n1. The van der Waals surface area contributed by atoms with E-state index in [1.807, 2.05) is 13.1 Å². The molecule has 3 heterocycles. The van der Waals surface area contributed by atoms with Crippen molar-refractivity contribution in [1.82, 2.24) is 20.3 Å². The Hall–Kier alpha value is -1.62. The zero-order valence-electron chi connectivity index (χ0n) is 11.0. The Kier molecular flexibility index (Phi) is 2.52. The molecule has 0 saturated carbocycles. The zero-order valence-corrected chi connectivity index (χ0v) is 11.0. The van der Waals surface area contributed by atoms with E-state index in [-0.39, 0.29) is 5.54 Å². The normalized spacial score (nSPS) is 23.7. The van der Waals surface area contributed by atoms with Crippen molar-refractivity contribution in [3.8, 4) is 6.01 Å². The Balaban J connectivity index is 2.20. The number of aryl methyl sites for hydroxylation is 1. The first kappa shape index (κ1) is 11.5. The second-order valence-electron chi connectivity index (χ2n) is 5.08. The lowest BCUT2D eigenvalue weighted by Crippen LogP contribution is -2.33. The standard InChI is InChI=1S/C13H18N4O/c1-8-10-9(13(2)5-4-6-15-13)7-14-11(10)17-12(16-8)18-3/h7,15H,4-6H2,1-3H3,(H,14,16,17). The van der Waals surface area contributed by atoms with Gasteiger partial charge in [-0.3, -0.25) is 0 Å². The summed E-state index contributed by atoms with van der Waals surface area (Å²) in [4.78, 5) is 12.0. The van der Waals surface area contributed by atoms with Crippen LogP contribution in [0.2, 0.25) is 0 Å².